The van der Waals surface area contributed by atoms with E-state index >= 15 is 0 Å². The van der Waals surface area contributed by atoms with Crippen molar-refractivity contribution in [1.29, 1.82) is 0 Å². The van der Waals surface area contributed by atoms with Crippen molar-refractivity contribution in [2.75, 3.05) is 19.7 Å². The minimum absolute atomic E-state index is 0.0932. The molecule has 2 unspecified atom stereocenters. The number of rotatable bonds is 4. The Bertz CT molecular complexity index is 207. The average Bonchev–Trinajstić information content (AvgIpc) is 2.28. The Balaban J connectivity index is 2.58. The van der Waals surface area contributed by atoms with Gasteiger partial charge in [0.05, 0.1) is 0 Å². The summed E-state index contributed by atoms with van der Waals surface area (Å²) in [5, 5.41) is 8.95. The molecule has 88 valence electrons. The number of nitrogens with two attached hydrogens (primary N) is 1. The van der Waals surface area contributed by atoms with E-state index in [1.54, 1.807) is 0 Å². The van der Waals surface area contributed by atoms with E-state index in [1.807, 2.05) is 11.8 Å². The van der Waals surface area contributed by atoms with Gasteiger partial charge in [0.15, 0.2) is 0 Å². The van der Waals surface area contributed by atoms with E-state index in [9.17, 15) is 4.79 Å². The van der Waals surface area contributed by atoms with Crippen LogP contribution in [0.2, 0.25) is 0 Å². The molecular weight excluding hydrogens is 192 g/mol. The molecule has 1 saturated heterocycles. The number of aliphatic hydroxyl groups excluding tert-OH is 1. The fourth-order valence-electron chi connectivity index (χ4n) is 2.12. The van der Waals surface area contributed by atoms with Crippen molar-refractivity contribution in [1.82, 2.24) is 4.90 Å². The zero-order valence-electron chi connectivity index (χ0n) is 9.48. The van der Waals surface area contributed by atoms with Crippen molar-refractivity contribution in [2.24, 2.45) is 11.7 Å². The van der Waals surface area contributed by atoms with Gasteiger partial charge in [0, 0.05) is 31.7 Å². The van der Waals surface area contributed by atoms with Crippen LogP contribution in [0.15, 0.2) is 0 Å². The van der Waals surface area contributed by atoms with Crippen LogP contribution in [0, 0.1) is 5.92 Å². The van der Waals surface area contributed by atoms with Gasteiger partial charge in [-0.25, -0.2) is 0 Å². The number of aliphatic hydroxyl groups is 1. The van der Waals surface area contributed by atoms with Crippen molar-refractivity contribution in [3.8, 4) is 0 Å². The Kier molecular flexibility index (Phi) is 5.05. The van der Waals surface area contributed by atoms with Gasteiger partial charge in [-0.05, 0) is 25.7 Å². The standard InChI is InChI=1S/C11H22N2O2/c1-9(8-12)11(15)13-6-3-2-4-10(13)5-7-14/h9-10,14H,2-8,12H2,1H3. The summed E-state index contributed by atoms with van der Waals surface area (Å²) in [5.41, 5.74) is 5.50. The molecule has 15 heavy (non-hydrogen) atoms. The highest BCUT2D eigenvalue weighted by Gasteiger charge is 2.28. The lowest BCUT2D eigenvalue weighted by molar-refractivity contribution is -0.138. The largest absolute Gasteiger partial charge is 0.396 e. The highest BCUT2D eigenvalue weighted by Crippen LogP contribution is 2.21. The fourth-order valence-corrected chi connectivity index (χ4v) is 2.12. The molecule has 0 saturated carbocycles. The van der Waals surface area contributed by atoms with E-state index in [0.717, 1.165) is 25.8 Å². The van der Waals surface area contributed by atoms with Gasteiger partial charge in [-0.15, -0.1) is 0 Å². The van der Waals surface area contributed by atoms with Crippen LogP contribution in [0.25, 0.3) is 0 Å². The van der Waals surface area contributed by atoms with Gasteiger partial charge in [0.2, 0.25) is 5.91 Å². The topological polar surface area (TPSA) is 66.6 Å². The number of hydrogen-bond acceptors (Lipinski definition) is 3. The Hall–Kier alpha value is -0.610. The molecule has 0 aromatic carbocycles. The highest BCUT2D eigenvalue weighted by atomic mass is 16.3. The molecule has 0 aromatic heterocycles. The highest BCUT2D eigenvalue weighted by molar-refractivity contribution is 5.79. The third-order valence-corrected chi connectivity index (χ3v) is 3.15. The summed E-state index contributed by atoms with van der Waals surface area (Å²) in [7, 11) is 0. The van der Waals surface area contributed by atoms with E-state index < -0.39 is 0 Å². The van der Waals surface area contributed by atoms with Crippen molar-refractivity contribution in [3.05, 3.63) is 0 Å². The summed E-state index contributed by atoms with van der Waals surface area (Å²) in [4.78, 5) is 13.9. The first-order chi connectivity index (χ1) is 7.20. The molecule has 1 fully saturated rings. The number of piperidine rings is 1. The minimum atomic E-state index is -0.0932. The van der Waals surface area contributed by atoms with Crippen LogP contribution >= 0.6 is 0 Å². The van der Waals surface area contributed by atoms with Gasteiger partial charge in [-0.1, -0.05) is 6.92 Å². The Morgan fingerprint density at radius 2 is 2.33 bits per heavy atom. The van der Waals surface area contributed by atoms with Crippen LogP contribution < -0.4 is 5.73 Å². The first-order valence-corrected chi connectivity index (χ1v) is 5.82. The first-order valence-electron chi connectivity index (χ1n) is 5.82. The molecular formula is C11H22N2O2. The zero-order valence-corrected chi connectivity index (χ0v) is 9.48. The van der Waals surface area contributed by atoms with Gasteiger partial charge in [-0.3, -0.25) is 4.79 Å². The molecule has 0 aliphatic carbocycles. The summed E-state index contributed by atoms with van der Waals surface area (Å²) in [6.07, 6.45) is 3.95. The van der Waals surface area contributed by atoms with Crippen LogP contribution in [0.1, 0.15) is 32.6 Å². The molecule has 1 aliphatic heterocycles. The quantitative estimate of drug-likeness (QED) is 0.709. The van der Waals surface area contributed by atoms with Crippen LogP contribution in [0.5, 0.6) is 0 Å². The maximum Gasteiger partial charge on any atom is 0.226 e. The predicted molar refractivity (Wildman–Crippen MR) is 59.3 cm³/mol. The van der Waals surface area contributed by atoms with E-state index in [4.69, 9.17) is 10.8 Å². The lowest BCUT2D eigenvalue weighted by Crippen LogP contribution is -2.47. The maximum atomic E-state index is 12.0. The van der Waals surface area contributed by atoms with Crippen molar-refractivity contribution < 1.29 is 9.90 Å². The van der Waals surface area contributed by atoms with Gasteiger partial charge in [-0.2, -0.15) is 0 Å². The number of nitrogens with zero attached hydrogens (tertiary/aromatic N) is 1. The van der Waals surface area contributed by atoms with Crippen LogP contribution in [0.3, 0.4) is 0 Å². The zero-order chi connectivity index (χ0) is 11.3. The van der Waals surface area contributed by atoms with E-state index in [1.165, 1.54) is 0 Å². The molecule has 1 heterocycles. The van der Waals surface area contributed by atoms with E-state index in [2.05, 4.69) is 0 Å². The first kappa shape index (κ1) is 12.5. The second kappa shape index (κ2) is 6.08. The van der Waals surface area contributed by atoms with Gasteiger partial charge in [0.1, 0.15) is 0 Å². The number of carbonyl (C=O) groups is 1. The smallest absolute Gasteiger partial charge is 0.226 e. The Morgan fingerprint density at radius 1 is 1.60 bits per heavy atom. The average molecular weight is 214 g/mol. The van der Waals surface area contributed by atoms with Crippen molar-refractivity contribution in [3.63, 3.8) is 0 Å². The molecule has 0 bridgehead atoms. The lowest BCUT2D eigenvalue weighted by Gasteiger charge is -2.37. The van der Waals surface area contributed by atoms with Crippen LogP contribution in [-0.4, -0.2) is 41.7 Å². The molecule has 3 N–H and O–H groups in total. The predicted octanol–water partition coefficient (Wildman–Crippen LogP) is 0.345. The Labute approximate surface area is 91.4 Å². The molecule has 2 atom stereocenters. The molecule has 0 aromatic rings. The number of likely N-dealkylation sites (tertiary alicyclic amines) is 1. The number of carbonyl (C=O) groups excluding carboxylic acids is 1. The molecule has 4 nitrogen and oxygen atoms in total. The third-order valence-electron chi connectivity index (χ3n) is 3.15. The molecule has 0 spiro atoms. The monoisotopic (exact) mass is 214 g/mol. The summed E-state index contributed by atoms with van der Waals surface area (Å²) in [5.74, 6) is 0.0555. The maximum absolute atomic E-state index is 12.0. The molecule has 4 heteroatoms. The second-order valence-electron chi connectivity index (χ2n) is 4.33. The summed E-state index contributed by atoms with van der Waals surface area (Å²) in [6.45, 7) is 3.26. The molecule has 0 radical (unpaired) electrons. The fraction of sp³-hybridized carbons (Fsp3) is 0.909. The second-order valence-corrected chi connectivity index (χ2v) is 4.33. The van der Waals surface area contributed by atoms with Crippen LogP contribution in [-0.2, 0) is 4.79 Å². The molecule has 1 amide bonds. The van der Waals surface area contributed by atoms with Crippen LogP contribution in [0.4, 0.5) is 0 Å². The van der Waals surface area contributed by atoms with Crippen molar-refractivity contribution >= 4 is 5.91 Å². The molecule has 1 aliphatic rings. The van der Waals surface area contributed by atoms with E-state index in [-0.39, 0.29) is 24.5 Å². The van der Waals surface area contributed by atoms with Gasteiger partial charge in [0.25, 0.3) is 0 Å². The minimum Gasteiger partial charge on any atom is -0.396 e. The van der Waals surface area contributed by atoms with Gasteiger partial charge < -0.3 is 15.7 Å². The number of amides is 1. The summed E-state index contributed by atoms with van der Waals surface area (Å²) < 4.78 is 0. The van der Waals surface area contributed by atoms with Crippen molar-refractivity contribution in [2.45, 2.75) is 38.6 Å². The molecule has 1 rings (SSSR count). The van der Waals surface area contributed by atoms with Gasteiger partial charge >= 0.3 is 0 Å². The SMILES string of the molecule is CC(CN)C(=O)N1CCCCC1CCO. The number of hydrogen-bond donors (Lipinski definition) is 2. The summed E-state index contributed by atoms with van der Waals surface area (Å²) in [6, 6.07) is 0.227. The van der Waals surface area contributed by atoms with E-state index in [0.29, 0.717) is 13.0 Å². The Morgan fingerprint density at radius 3 is 2.93 bits per heavy atom. The lowest BCUT2D eigenvalue weighted by atomic mass is 9.97. The third kappa shape index (κ3) is 3.18. The summed E-state index contributed by atoms with van der Waals surface area (Å²) >= 11 is 0. The normalized spacial score (nSPS) is 23.9.